The number of aromatic nitrogens is 1. The summed E-state index contributed by atoms with van der Waals surface area (Å²) < 4.78 is 5.04. The van der Waals surface area contributed by atoms with Gasteiger partial charge in [0.15, 0.2) is 0 Å². The largest absolute Gasteiger partial charge is 0.462 e. The molecule has 1 aromatic carbocycles. The van der Waals surface area contributed by atoms with E-state index >= 15 is 0 Å². The molecule has 7 heteroatoms. The fraction of sp³-hybridized carbons (Fsp3) is 0.350. The molecule has 142 valence electrons. The lowest BCUT2D eigenvalue weighted by Gasteiger charge is -2.06. The monoisotopic (exact) mass is 385 g/mol. The van der Waals surface area contributed by atoms with Crippen LogP contribution in [0.1, 0.15) is 50.2 Å². The molecule has 0 aliphatic heterocycles. The van der Waals surface area contributed by atoms with Crippen molar-refractivity contribution in [2.45, 2.75) is 26.5 Å². The lowest BCUT2D eigenvalue weighted by molar-refractivity contribution is 0.0525. The van der Waals surface area contributed by atoms with Crippen LogP contribution >= 0.6 is 11.8 Å². The molecular weight excluding hydrogens is 362 g/mol. The lowest BCUT2D eigenvalue weighted by Crippen LogP contribution is -2.26. The van der Waals surface area contributed by atoms with E-state index < -0.39 is 5.97 Å². The zero-order valence-electron chi connectivity index (χ0n) is 15.7. The average molecular weight is 385 g/mol. The summed E-state index contributed by atoms with van der Waals surface area (Å²) >= 11 is 1.65. The van der Waals surface area contributed by atoms with E-state index in [4.69, 9.17) is 10.00 Å². The number of H-pyrrole nitrogens is 1. The van der Waals surface area contributed by atoms with Gasteiger partial charge in [-0.3, -0.25) is 4.79 Å². The van der Waals surface area contributed by atoms with Gasteiger partial charge in [-0.05, 0) is 38.0 Å². The predicted octanol–water partition coefficient (Wildman–Crippen LogP) is 3.34. The van der Waals surface area contributed by atoms with Gasteiger partial charge < -0.3 is 15.0 Å². The van der Waals surface area contributed by atoms with Gasteiger partial charge in [-0.15, -0.1) is 0 Å². The van der Waals surface area contributed by atoms with Gasteiger partial charge in [0.25, 0.3) is 5.91 Å². The van der Waals surface area contributed by atoms with Crippen LogP contribution in [-0.2, 0) is 10.5 Å². The minimum atomic E-state index is -0.422. The molecule has 27 heavy (non-hydrogen) atoms. The first kappa shape index (κ1) is 20.6. The molecule has 2 aromatic rings. The summed E-state index contributed by atoms with van der Waals surface area (Å²) in [6, 6.07) is 9.68. The van der Waals surface area contributed by atoms with Crippen LogP contribution in [0.25, 0.3) is 0 Å². The zero-order valence-corrected chi connectivity index (χ0v) is 16.5. The highest BCUT2D eigenvalue weighted by molar-refractivity contribution is 7.98. The van der Waals surface area contributed by atoms with Gasteiger partial charge in [-0.2, -0.15) is 17.0 Å². The molecule has 0 atom stereocenters. The summed E-state index contributed by atoms with van der Waals surface area (Å²) in [4.78, 5) is 27.4. The molecule has 0 saturated heterocycles. The Morgan fingerprint density at radius 2 is 2.04 bits per heavy atom. The second kappa shape index (κ2) is 9.83. The lowest BCUT2D eigenvalue weighted by atomic mass is 10.1. The van der Waals surface area contributed by atoms with Gasteiger partial charge in [0.2, 0.25) is 0 Å². The molecule has 0 spiro atoms. The maximum Gasteiger partial charge on any atom is 0.340 e. The molecular formula is C20H23N3O3S. The molecule has 1 aromatic heterocycles. The van der Waals surface area contributed by atoms with Gasteiger partial charge in [-0.1, -0.05) is 18.2 Å². The smallest absolute Gasteiger partial charge is 0.340 e. The number of ether oxygens (including phenoxy) is 1. The number of nitrogens with zero attached hydrogens (tertiary/aromatic N) is 1. The highest BCUT2D eigenvalue weighted by Crippen LogP contribution is 2.19. The first-order valence-corrected chi connectivity index (χ1v) is 9.85. The highest BCUT2D eigenvalue weighted by atomic mass is 32.2. The van der Waals surface area contributed by atoms with Crippen LogP contribution in [0, 0.1) is 25.2 Å². The second-order valence-corrected chi connectivity index (χ2v) is 7.03. The number of esters is 1. The van der Waals surface area contributed by atoms with Crippen molar-refractivity contribution in [3.05, 3.63) is 57.9 Å². The molecule has 1 amide bonds. The predicted molar refractivity (Wildman–Crippen MR) is 106 cm³/mol. The Morgan fingerprint density at radius 3 is 2.74 bits per heavy atom. The van der Waals surface area contributed by atoms with E-state index in [0.717, 1.165) is 11.3 Å². The third-order valence-electron chi connectivity index (χ3n) is 4.07. The summed E-state index contributed by atoms with van der Waals surface area (Å²) in [6.07, 6.45) is 0. The molecule has 2 N–H and O–H groups in total. The van der Waals surface area contributed by atoms with Crippen LogP contribution in [0.2, 0.25) is 0 Å². The molecule has 0 unspecified atom stereocenters. The summed E-state index contributed by atoms with van der Waals surface area (Å²) in [5.41, 5.74) is 3.70. The number of nitriles is 1. The number of aromatic amines is 1. The molecule has 0 fully saturated rings. The van der Waals surface area contributed by atoms with E-state index in [-0.39, 0.29) is 12.5 Å². The molecule has 0 aliphatic rings. The number of amides is 1. The third kappa shape index (κ3) is 5.14. The van der Waals surface area contributed by atoms with E-state index in [2.05, 4.69) is 16.4 Å². The number of hydrogen-bond acceptors (Lipinski definition) is 5. The van der Waals surface area contributed by atoms with Crippen LogP contribution in [0.5, 0.6) is 0 Å². The van der Waals surface area contributed by atoms with E-state index in [1.807, 2.05) is 18.2 Å². The Bertz CT molecular complexity index is 868. The Kier molecular flexibility index (Phi) is 7.50. The van der Waals surface area contributed by atoms with Crippen molar-refractivity contribution in [2.75, 3.05) is 18.9 Å². The Morgan fingerprint density at radius 1 is 1.30 bits per heavy atom. The average Bonchev–Trinajstić information content (AvgIpc) is 2.96. The summed E-state index contributed by atoms with van der Waals surface area (Å²) in [6.45, 7) is 6.01. The standard InChI is InChI=1S/C20H23N3O3S/c1-4-26-20(25)17-13(2)18(23-14(17)3)19(24)22-9-10-27-12-16-8-6-5-7-15(16)11-21/h5-8,23H,4,9-10,12H2,1-3H3,(H,22,24). The molecule has 0 bridgehead atoms. The van der Waals surface area contributed by atoms with Crippen molar-refractivity contribution in [2.24, 2.45) is 0 Å². The number of aryl methyl sites for hydroxylation is 1. The molecule has 2 rings (SSSR count). The quantitative estimate of drug-likeness (QED) is 0.537. The fourth-order valence-electron chi connectivity index (χ4n) is 2.75. The third-order valence-corrected chi connectivity index (χ3v) is 5.08. The topological polar surface area (TPSA) is 95.0 Å². The molecule has 1 heterocycles. The number of thioether (sulfide) groups is 1. The normalized spacial score (nSPS) is 10.3. The van der Waals surface area contributed by atoms with Crippen molar-refractivity contribution >= 4 is 23.6 Å². The van der Waals surface area contributed by atoms with Crippen molar-refractivity contribution in [3.63, 3.8) is 0 Å². The van der Waals surface area contributed by atoms with Crippen molar-refractivity contribution < 1.29 is 14.3 Å². The van der Waals surface area contributed by atoms with Crippen LogP contribution in [0.15, 0.2) is 24.3 Å². The minimum Gasteiger partial charge on any atom is -0.462 e. The van der Waals surface area contributed by atoms with Gasteiger partial charge >= 0.3 is 5.97 Å². The number of carbonyl (C=O) groups excluding carboxylic acids is 2. The van der Waals surface area contributed by atoms with E-state index in [9.17, 15) is 9.59 Å². The number of carbonyl (C=O) groups is 2. The first-order chi connectivity index (χ1) is 13.0. The number of rotatable bonds is 8. The van der Waals surface area contributed by atoms with Crippen LogP contribution < -0.4 is 5.32 Å². The Balaban J connectivity index is 1.87. The first-order valence-electron chi connectivity index (χ1n) is 8.69. The Hall–Kier alpha value is -2.72. The molecule has 0 aliphatic carbocycles. The molecule has 0 radical (unpaired) electrons. The van der Waals surface area contributed by atoms with Gasteiger partial charge in [0, 0.05) is 23.7 Å². The highest BCUT2D eigenvalue weighted by Gasteiger charge is 2.22. The second-order valence-electron chi connectivity index (χ2n) is 5.92. The number of hydrogen-bond donors (Lipinski definition) is 2. The maximum absolute atomic E-state index is 12.4. The van der Waals surface area contributed by atoms with Crippen LogP contribution in [0.3, 0.4) is 0 Å². The van der Waals surface area contributed by atoms with Gasteiger partial charge in [0.1, 0.15) is 5.69 Å². The fourth-order valence-corrected chi connectivity index (χ4v) is 3.61. The number of nitrogens with one attached hydrogen (secondary N) is 2. The summed E-state index contributed by atoms with van der Waals surface area (Å²) in [5.74, 6) is 0.765. The number of benzene rings is 1. The van der Waals surface area contributed by atoms with Crippen LogP contribution in [-0.4, -0.2) is 35.8 Å². The SMILES string of the molecule is CCOC(=O)c1c(C)[nH]c(C(=O)NCCSCc2ccccc2C#N)c1C. The molecule has 0 saturated carbocycles. The van der Waals surface area contributed by atoms with E-state index in [1.54, 1.807) is 38.6 Å². The van der Waals surface area contributed by atoms with E-state index in [1.165, 1.54) is 0 Å². The summed E-state index contributed by atoms with van der Waals surface area (Å²) in [7, 11) is 0. The summed E-state index contributed by atoms with van der Waals surface area (Å²) in [5, 5.41) is 11.9. The van der Waals surface area contributed by atoms with E-state index in [0.29, 0.717) is 40.4 Å². The van der Waals surface area contributed by atoms with Gasteiger partial charge in [0.05, 0.1) is 23.8 Å². The van der Waals surface area contributed by atoms with Crippen molar-refractivity contribution in [1.82, 2.24) is 10.3 Å². The minimum absolute atomic E-state index is 0.246. The maximum atomic E-state index is 12.4. The molecule has 6 nitrogen and oxygen atoms in total. The van der Waals surface area contributed by atoms with Crippen LogP contribution in [0.4, 0.5) is 0 Å². The van der Waals surface area contributed by atoms with Crippen molar-refractivity contribution in [3.8, 4) is 6.07 Å². The van der Waals surface area contributed by atoms with Crippen molar-refractivity contribution in [1.29, 1.82) is 5.26 Å². The zero-order chi connectivity index (χ0) is 19.8. The Labute approximate surface area is 163 Å². The van der Waals surface area contributed by atoms with Gasteiger partial charge in [-0.25, -0.2) is 4.79 Å².